The van der Waals surface area contributed by atoms with Crippen molar-refractivity contribution in [3.8, 4) is 0 Å². The molecule has 2 fully saturated rings. The van der Waals surface area contributed by atoms with Gasteiger partial charge in [0.25, 0.3) is 0 Å². The number of pyridine rings is 1. The highest BCUT2D eigenvalue weighted by molar-refractivity contribution is 5.88. The van der Waals surface area contributed by atoms with Gasteiger partial charge in [-0.05, 0) is 37.0 Å². The number of benzene rings is 1. The zero-order chi connectivity index (χ0) is 22.0. The van der Waals surface area contributed by atoms with Crippen molar-refractivity contribution in [2.24, 2.45) is 5.92 Å². The molecule has 2 aliphatic rings. The summed E-state index contributed by atoms with van der Waals surface area (Å²) in [5.74, 6) is -0.162. The highest BCUT2D eigenvalue weighted by atomic mass is 19.1. The molecule has 0 bridgehead atoms. The number of ether oxygens (including phenoxy) is 2. The van der Waals surface area contributed by atoms with Gasteiger partial charge in [-0.25, -0.2) is 9.37 Å². The molecule has 0 unspecified atom stereocenters. The summed E-state index contributed by atoms with van der Waals surface area (Å²) < 4.78 is 28.3. The van der Waals surface area contributed by atoms with E-state index in [1.807, 2.05) is 27.6 Å². The van der Waals surface area contributed by atoms with Crippen LogP contribution < -0.4 is 0 Å². The minimum Gasteiger partial charge on any atom is -0.381 e. The maximum atomic E-state index is 14.8. The van der Waals surface area contributed by atoms with Crippen molar-refractivity contribution < 1.29 is 18.7 Å². The fourth-order valence-electron chi connectivity index (χ4n) is 5.08. The predicted molar refractivity (Wildman–Crippen MR) is 118 cm³/mol. The van der Waals surface area contributed by atoms with Crippen molar-refractivity contribution in [2.75, 3.05) is 39.5 Å². The molecule has 0 spiro atoms. The molecule has 4 heterocycles. The third-order valence-electron chi connectivity index (χ3n) is 6.74. The van der Waals surface area contributed by atoms with Crippen LogP contribution in [0.1, 0.15) is 24.0 Å². The largest absolute Gasteiger partial charge is 0.381 e. The van der Waals surface area contributed by atoms with E-state index in [9.17, 15) is 9.18 Å². The number of hydrogen-bond acceptors (Lipinski definition) is 4. The molecule has 2 aliphatic heterocycles. The second-order valence-electron chi connectivity index (χ2n) is 8.80. The Morgan fingerprint density at radius 2 is 1.97 bits per heavy atom. The van der Waals surface area contributed by atoms with Crippen LogP contribution in [0.15, 0.2) is 55.0 Å². The zero-order valence-electron chi connectivity index (χ0n) is 18.1. The Hall–Kier alpha value is -2.77. The molecule has 2 saturated heterocycles. The molecule has 2 aromatic heterocycles. The van der Waals surface area contributed by atoms with Crippen molar-refractivity contribution in [1.29, 1.82) is 0 Å². The van der Waals surface area contributed by atoms with Crippen LogP contribution in [0.5, 0.6) is 0 Å². The molecule has 1 amide bonds. The summed E-state index contributed by atoms with van der Waals surface area (Å²) in [6.07, 6.45) is 7.58. The number of imidazole rings is 1. The Morgan fingerprint density at radius 3 is 2.81 bits per heavy atom. The summed E-state index contributed by atoms with van der Waals surface area (Å²) in [6.45, 7) is 3.12. The van der Waals surface area contributed by atoms with Crippen LogP contribution in [0.25, 0.3) is 5.65 Å². The maximum absolute atomic E-state index is 14.8. The lowest BCUT2D eigenvalue weighted by Gasteiger charge is -2.40. The van der Waals surface area contributed by atoms with Crippen molar-refractivity contribution in [3.63, 3.8) is 0 Å². The van der Waals surface area contributed by atoms with Gasteiger partial charge in [-0.15, -0.1) is 0 Å². The molecule has 5 rings (SSSR count). The van der Waals surface area contributed by atoms with Gasteiger partial charge in [0.1, 0.15) is 11.5 Å². The van der Waals surface area contributed by atoms with Crippen molar-refractivity contribution in [3.05, 3.63) is 71.9 Å². The lowest BCUT2D eigenvalue weighted by Crippen LogP contribution is -2.51. The van der Waals surface area contributed by atoms with E-state index in [4.69, 9.17) is 9.47 Å². The quantitative estimate of drug-likeness (QED) is 0.629. The van der Waals surface area contributed by atoms with E-state index in [-0.39, 0.29) is 17.6 Å². The van der Waals surface area contributed by atoms with Gasteiger partial charge in [0, 0.05) is 56.4 Å². The Kier molecular flexibility index (Phi) is 5.93. The molecule has 7 heteroatoms. The Morgan fingerprint density at radius 1 is 1.12 bits per heavy atom. The van der Waals surface area contributed by atoms with Gasteiger partial charge < -0.3 is 18.8 Å². The third kappa shape index (κ3) is 4.02. The zero-order valence-corrected chi connectivity index (χ0v) is 18.1. The average Bonchev–Trinajstić information content (AvgIpc) is 3.16. The standard InChI is InChI=1S/C25H28FN3O3/c26-22-4-2-1-3-21(22)25(7-12-31-13-8-25)24(30)29-11-14-32-18-20(17-29)15-19-5-6-23-27-9-10-28(23)16-19/h1-6,9-10,16,20H,7-8,11-15,17-18H2/t20-/m0/s1. The molecule has 1 aromatic carbocycles. The van der Waals surface area contributed by atoms with E-state index in [0.717, 1.165) is 12.1 Å². The first-order valence-corrected chi connectivity index (χ1v) is 11.3. The van der Waals surface area contributed by atoms with E-state index in [0.29, 0.717) is 57.9 Å². The maximum Gasteiger partial charge on any atom is 0.233 e. The molecule has 0 radical (unpaired) electrons. The van der Waals surface area contributed by atoms with Crippen LogP contribution in [0.2, 0.25) is 0 Å². The summed E-state index contributed by atoms with van der Waals surface area (Å²) in [6, 6.07) is 10.8. The first-order chi connectivity index (χ1) is 15.7. The Bertz CT molecular complexity index is 1090. The Labute approximate surface area is 187 Å². The fourth-order valence-corrected chi connectivity index (χ4v) is 5.08. The number of nitrogens with zero attached hydrogens (tertiary/aromatic N) is 3. The number of carbonyl (C=O) groups is 1. The van der Waals surface area contributed by atoms with Crippen molar-refractivity contribution in [1.82, 2.24) is 14.3 Å². The molecule has 32 heavy (non-hydrogen) atoms. The van der Waals surface area contributed by atoms with Crippen LogP contribution >= 0.6 is 0 Å². The van der Waals surface area contributed by atoms with Gasteiger partial charge in [0.15, 0.2) is 0 Å². The molecule has 168 valence electrons. The van der Waals surface area contributed by atoms with Gasteiger partial charge >= 0.3 is 0 Å². The highest BCUT2D eigenvalue weighted by Crippen LogP contribution is 2.38. The van der Waals surface area contributed by atoms with Gasteiger partial charge in [-0.1, -0.05) is 24.3 Å². The van der Waals surface area contributed by atoms with Crippen molar-refractivity contribution >= 4 is 11.6 Å². The van der Waals surface area contributed by atoms with Crippen LogP contribution in [-0.4, -0.2) is 59.7 Å². The minimum absolute atomic E-state index is 0.00791. The molecular formula is C25H28FN3O3. The lowest BCUT2D eigenvalue weighted by molar-refractivity contribution is -0.142. The van der Waals surface area contributed by atoms with Crippen LogP contribution in [0.4, 0.5) is 4.39 Å². The molecule has 6 nitrogen and oxygen atoms in total. The smallest absolute Gasteiger partial charge is 0.233 e. The van der Waals surface area contributed by atoms with E-state index in [1.165, 1.54) is 11.6 Å². The summed E-state index contributed by atoms with van der Waals surface area (Å²) in [7, 11) is 0. The van der Waals surface area contributed by atoms with E-state index in [2.05, 4.69) is 17.2 Å². The van der Waals surface area contributed by atoms with Crippen LogP contribution in [0.3, 0.4) is 0 Å². The second kappa shape index (κ2) is 9.00. The van der Waals surface area contributed by atoms with Gasteiger partial charge in [-0.2, -0.15) is 0 Å². The number of rotatable bonds is 4. The summed E-state index contributed by atoms with van der Waals surface area (Å²) in [5.41, 5.74) is 1.69. The molecular weight excluding hydrogens is 409 g/mol. The number of amides is 1. The number of halogens is 1. The summed E-state index contributed by atoms with van der Waals surface area (Å²) in [5, 5.41) is 0. The highest BCUT2D eigenvalue weighted by Gasteiger charge is 2.46. The van der Waals surface area contributed by atoms with Gasteiger partial charge in [-0.3, -0.25) is 4.79 Å². The Balaban J connectivity index is 1.39. The summed E-state index contributed by atoms with van der Waals surface area (Å²) in [4.78, 5) is 20.1. The van der Waals surface area contributed by atoms with Crippen LogP contribution in [-0.2, 0) is 26.1 Å². The number of hydrogen-bond donors (Lipinski definition) is 0. The topological polar surface area (TPSA) is 56.1 Å². The van der Waals surface area contributed by atoms with Gasteiger partial charge in [0.2, 0.25) is 5.91 Å². The first kappa shape index (κ1) is 21.1. The monoisotopic (exact) mass is 437 g/mol. The van der Waals surface area contributed by atoms with Crippen molar-refractivity contribution in [2.45, 2.75) is 24.7 Å². The first-order valence-electron chi connectivity index (χ1n) is 11.3. The molecule has 3 aromatic rings. The minimum atomic E-state index is -0.881. The third-order valence-corrected chi connectivity index (χ3v) is 6.74. The second-order valence-corrected chi connectivity index (χ2v) is 8.80. The fraction of sp³-hybridized carbons (Fsp3) is 0.440. The molecule has 0 aliphatic carbocycles. The van der Waals surface area contributed by atoms with E-state index < -0.39 is 5.41 Å². The molecule has 0 N–H and O–H groups in total. The normalized spacial score (nSPS) is 21.4. The molecule has 1 atom stereocenters. The van der Waals surface area contributed by atoms with E-state index >= 15 is 0 Å². The predicted octanol–water partition coefficient (Wildman–Crippen LogP) is 3.24. The number of aromatic nitrogens is 2. The lowest BCUT2D eigenvalue weighted by atomic mass is 9.72. The average molecular weight is 438 g/mol. The SMILES string of the molecule is O=C(N1CCOC[C@@H](Cc2ccc3nccn3c2)C1)C1(c2ccccc2F)CCOCC1. The molecule has 0 saturated carbocycles. The number of fused-ring (bicyclic) bond motifs is 1. The van der Waals surface area contributed by atoms with E-state index in [1.54, 1.807) is 18.3 Å². The van der Waals surface area contributed by atoms with Crippen LogP contribution in [0, 0.1) is 11.7 Å². The number of carbonyl (C=O) groups excluding carboxylic acids is 1. The van der Waals surface area contributed by atoms with Gasteiger partial charge in [0.05, 0.1) is 18.6 Å². The summed E-state index contributed by atoms with van der Waals surface area (Å²) >= 11 is 0.